The summed E-state index contributed by atoms with van der Waals surface area (Å²) in [6.07, 6.45) is 7.27. The predicted octanol–water partition coefficient (Wildman–Crippen LogP) is 4.79. The molecule has 2 aliphatic rings. The number of aliphatic carboxylic acids is 2. The molecule has 28 heavy (non-hydrogen) atoms. The molecule has 2 heterocycles. The fourth-order valence-electron chi connectivity index (χ4n) is 5.07. The molecule has 2 N–H and O–H groups in total. The predicted molar refractivity (Wildman–Crippen MR) is 106 cm³/mol. The van der Waals surface area contributed by atoms with E-state index in [1.54, 1.807) is 0 Å². The van der Waals surface area contributed by atoms with E-state index in [-0.39, 0.29) is 29.8 Å². The SMILES string of the molecule is CCCC1OC1(CC)CC(CCCC(=O)O)(CC1(CC)OC1CCC)C(=O)O. The van der Waals surface area contributed by atoms with Crippen LogP contribution in [0.2, 0.25) is 0 Å². The quantitative estimate of drug-likeness (QED) is 0.385. The summed E-state index contributed by atoms with van der Waals surface area (Å²) in [4.78, 5) is 23.7. The molecule has 0 aromatic rings. The zero-order valence-electron chi connectivity index (χ0n) is 18.0. The molecule has 4 unspecified atom stereocenters. The Bertz CT molecular complexity index is 531. The molecule has 0 amide bonds. The number of ether oxygens (including phenoxy) is 2. The van der Waals surface area contributed by atoms with Gasteiger partial charge in [0.15, 0.2) is 0 Å². The zero-order valence-corrected chi connectivity index (χ0v) is 18.0. The van der Waals surface area contributed by atoms with Crippen LogP contribution in [-0.4, -0.2) is 45.6 Å². The monoisotopic (exact) mass is 398 g/mol. The topological polar surface area (TPSA) is 99.7 Å². The summed E-state index contributed by atoms with van der Waals surface area (Å²) < 4.78 is 12.1. The van der Waals surface area contributed by atoms with E-state index in [1.165, 1.54) is 0 Å². The molecular weight excluding hydrogens is 360 g/mol. The van der Waals surface area contributed by atoms with Gasteiger partial charge in [0.1, 0.15) is 0 Å². The summed E-state index contributed by atoms with van der Waals surface area (Å²) in [6.45, 7) is 8.34. The van der Waals surface area contributed by atoms with E-state index in [0.717, 1.165) is 38.5 Å². The average molecular weight is 399 g/mol. The van der Waals surface area contributed by atoms with Crippen molar-refractivity contribution in [1.29, 1.82) is 0 Å². The second-order valence-electron chi connectivity index (χ2n) is 8.81. The highest BCUT2D eigenvalue weighted by molar-refractivity contribution is 5.75. The van der Waals surface area contributed by atoms with Crippen LogP contribution in [0.4, 0.5) is 0 Å². The van der Waals surface area contributed by atoms with Crippen LogP contribution >= 0.6 is 0 Å². The van der Waals surface area contributed by atoms with Crippen molar-refractivity contribution in [3.05, 3.63) is 0 Å². The second kappa shape index (κ2) is 9.12. The summed E-state index contributed by atoms with van der Waals surface area (Å²) in [5, 5.41) is 19.4. The van der Waals surface area contributed by atoms with E-state index in [0.29, 0.717) is 25.7 Å². The molecule has 2 saturated heterocycles. The van der Waals surface area contributed by atoms with Gasteiger partial charge in [0.05, 0.1) is 28.8 Å². The first-order valence-corrected chi connectivity index (χ1v) is 11.0. The minimum Gasteiger partial charge on any atom is -0.481 e. The lowest BCUT2D eigenvalue weighted by Crippen LogP contribution is -2.41. The molecule has 0 aromatic carbocycles. The van der Waals surface area contributed by atoms with Crippen LogP contribution in [0.3, 0.4) is 0 Å². The highest BCUT2D eigenvalue weighted by Crippen LogP contribution is 2.57. The van der Waals surface area contributed by atoms with Gasteiger partial charge >= 0.3 is 11.9 Å². The van der Waals surface area contributed by atoms with Crippen LogP contribution in [0, 0.1) is 5.41 Å². The molecule has 0 bridgehead atoms. The van der Waals surface area contributed by atoms with Crippen molar-refractivity contribution < 1.29 is 29.3 Å². The Morgan fingerprint density at radius 3 is 1.68 bits per heavy atom. The van der Waals surface area contributed by atoms with Gasteiger partial charge in [-0.3, -0.25) is 9.59 Å². The van der Waals surface area contributed by atoms with Crippen molar-refractivity contribution in [1.82, 2.24) is 0 Å². The normalized spacial score (nSPS) is 33.3. The molecule has 0 saturated carbocycles. The van der Waals surface area contributed by atoms with Crippen LogP contribution in [0.5, 0.6) is 0 Å². The molecule has 6 nitrogen and oxygen atoms in total. The lowest BCUT2D eigenvalue weighted by atomic mass is 9.67. The Kier molecular flexibility index (Phi) is 7.54. The zero-order chi connectivity index (χ0) is 21.0. The Hall–Kier alpha value is -1.14. The van der Waals surface area contributed by atoms with E-state index in [9.17, 15) is 14.7 Å². The van der Waals surface area contributed by atoms with Crippen molar-refractivity contribution in [3.63, 3.8) is 0 Å². The van der Waals surface area contributed by atoms with Gasteiger partial charge in [-0.15, -0.1) is 0 Å². The van der Waals surface area contributed by atoms with Crippen molar-refractivity contribution in [2.24, 2.45) is 5.41 Å². The molecule has 2 rings (SSSR count). The summed E-state index contributed by atoms with van der Waals surface area (Å²) in [5.41, 5.74) is -1.78. The van der Waals surface area contributed by atoms with Gasteiger partial charge in [-0.25, -0.2) is 0 Å². The molecule has 2 aliphatic heterocycles. The Labute approximate surface area is 169 Å². The molecule has 0 spiro atoms. The fraction of sp³-hybridized carbons (Fsp3) is 0.909. The lowest BCUT2D eigenvalue weighted by molar-refractivity contribution is -0.153. The molecule has 0 aliphatic carbocycles. The van der Waals surface area contributed by atoms with Crippen LogP contribution in [-0.2, 0) is 19.1 Å². The lowest BCUT2D eigenvalue weighted by Gasteiger charge is -2.34. The number of carboxylic acid groups (broad SMARTS) is 2. The maximum absolute atomic E-state index is 12.6. The van der Waals surface area contributed by atoms with E-state index in [1.807, 2.05) is 0 Å². The van der Waals surface area contributed by atoms with Crippen molar-refractivity contribution in [3.8, 4) is 0 Å². The van der Waals surface area contributed by atoms with Gasteiger partial charge in [-0.05, 0) is 51.4 Å². The molecule has 0 aromatic heterocycles. The summed E-state index contributed by atoms with van der Waals surface area (Å²) in [6, 6.07) is 0. The van der Waals surface area contributed by atoms with Gasteiger partial charge in [0, 0.05) is 6.42 Å². The standard InChI is InChI=1S/C22H38O6/c1-5-10-16-21(7-3,27-16)14-20(19(25)26,13-9-12-18(23)24)15-22(8-4)17(28-22)11-6-2/h16-17H,5-15H2,1-4H3,(H,23,24)(H,25,26). The van der Waals surface area contributed by atoms with E-state index >= 15 is 0 Å². The van der Waals surface area contributed by atoms with Crippen molar-refractivity contribution in [2.75, 3.05) is 0 Å². The fourth-order valence-corrected chi connectivity index (χ4v) is 5.07. The highest BCUT2D eigenvalue weighted by Gasteiger charge is 2.64. The number of hydrogen-bond donors (Lipinski definition) is 2. The summed E-state index contributed by atoms with van der Waals surface area (Å²) in [7, 11) is 0. The van der Waals surface area contributed by atoms with Gasteiger partial charge in [0.25, 0.3) is 0 Å². The largest absolute Gasteiger partial charge is 0.481 e. The van der Waals surface area contributed by atoms with Gasteiger partial charge in [0.2, 0.25) is 0 Å². The van der Waals surface area contributed by atoms with Crippen LogP contribution in [0.25, 0.3) is 0 Å². The molecule has 0 radical (unpaired) electrons. The average Bonchev–Trinajstić information content (AvgIpc) is 3.51. The highest BCUT2D eigenvalue weighted by atomic mass is 16.6. The van der Waals surface area contributed by atoms with E-state index < -0.39 is 17.4 Å². The third-order valence-corrected chi connectivity index (χ3v) is 6.89. The maximum Gasteiger partial charge on any atom is 0.309 e. The second-order valence-corrected chi connectivity index (χ2v) is 8.81. The summed E-state index contributed by atoms with van der Waals surface area (Å²) >= 11 is 0. The first kappa shape index (κ1) is 23.1. The van der Waals surface area contributed by atoms with E-state index in [2.05, 4.69) is 27.7 Å². The Balaban J connectivity index is 2.25. The third kappa shape index (κ3) is 4.88. The number of hydrogen-bond acceptors (Lipinski definition) is 4. The van der Waals surface area contributed by atoms with E-state index in [4.69, 9.17) is 14.6 Å². The minimum absolute atomic E-state index is 0.00816. The van der Waals surface area contributed by atoms with Gasteiger partial charge in [-0.2, -0.15) is 0 Å². The minimum atomic E-state index is -1.01. The first-order chi connectivity index (χ1) is 13.2. The first-order valence-electron chi connectivity index (χ1n) is 11.0. The Morgan fingerprint density at radius 2 is 1.36 bits per heavy atom. The van der Waals surface area contributed by atoms with Crippen molar-refractivity contribution >= 4 is 11.9 Å². The molecule has 6 heteroatoms. The van der Waals surface area contributed by atoms with Gasteiger partial charge in [-0.1, -0.05) is 40.5 Å². The number of epoxide rings is 2. The summed E-state index contributed by atoms with van der Waals surface area (Å²) in [5.74, 6) is -1.72. The van der Waals surface area contributed by atoms with Gasteiger partial charge < -0.3 is 19.7 Å². The number of carboxylic acids is 2. The molecule has 162 valence electrons. The van der Waals surface area contributed by atoms with Crippen LogP contribution in [0.1, 0.15) is 98.3 Å². The van der Waals surface area contributed by atoms with Crippen molar-refractivity contribution in [2.45, 2.75) is 122 Å². The molecule has 4 atom stereocenters. The molecular formula is C22H38O6. The Morgan fingerprint density at radius 1 is 0.893 bits per heavy atom. The van der Waals surface area contributed by atoms with Crippen LogP contribution < -0.4 is 0 Å². The molecule has 2 fully saturated rings. The smallest absolute Gasteiger partial charge is 0.309 e. The number of carbonyl (C=O) groups is 2. The van der Waals surface area contributed by atoms with Crippen LogP contribution in [0.15, 0.2) is 0 Å². The maximum atomic E-state index is 12.6. The third-order valence-electron chi connectivity index (χ3n) is 6.89. The number of rotatable bonds is 15.